The van der Waals surface area contributed by atoms with Crippen LogP contribution >= 0.6 is 0 Å². The second-order valence-corrected chi connectivity index (χ2v) is 5.22. The molecule has 0 radical (unpaired) electrons. The van der Waals surface area contributed by atoms with Gasteiger partial charge in [-0.2, -0.15) is 0 Å². The van der Waals surface area contributed by atoms with Gasteiger partial charge < -0.3 is 0 Å². The Morgan fingerprint density at radius 3 is 2.85 bits per heavy atom. The van der Waals surface area contributed by atoms with Crippen molar-refractivity contribution < 1.29 is 4.79 Å². The molecule has 2 aliphatic carbocycles. The predicted octanol–water partition coefficient (Wildman–Crippen LogP) is 3.33. The first-order valence-corrected chi connectivity index (χ1v) is 5.72. The SMILES string of the molecule is CC12CCCCCCC1CC(=O)C2. The number of hydrogen-bond donors (Lipinski definition) is 0. The lowest BCUT2D eigenvalue weighted by molar-refractivity contribution is -0.118. The second-order valence-electron chi connectivity index (χ2n) is 5.22. The third kappa shape index (κ3) is 1.79. The van der Waals surface area contributed by atoms with Crippen molar-refractivity contribution in [3.63, 3.8) is 0 Å². The topological polar surface area (TPSA) is 17.1 Å². The van der Waals surface area contributed by atoms with E-state index in [9.17, 15) is 4.79 Å². The van der Waals surface area contributed by atoms with E-state index >= 15 is 0 Å². The number of fused-ring (bicyclic) bond motifs is 1. The third-order valence-electron chi connectivity index (χ3n) is 4.11. The van der Waals surface area contributed by atoms with Gasteiger partial charge in [0.1, 0.15) is 5.78 Å². The van der Waals surface area contributed by atoms with E-state index in [0.717, 1.165) is 18.8 Å². The molecule has 13 heavy (non-hydrogen) atoms. The molecule has 0 aromatic carbocycles. The maximum Gasteiger partial charge on any atom is 0.133 e. The van der Waals surface area contributed by atoms with Crippen LogP contribution in [0.15, 0.2) is 0 Å². The summed E-state index contributed by atoms with van der Waals surface area (Å²) in [7, 11) is 0. The molecule has 0 aromatic heterocycles. The van der Waals surface area contributed by atoms with Crippen LogP contribution in [0.4, 0.5) is 0 Å². The molecule has 2 fully saturated rings. The van der Waals surface area contributed by atoms with Crippen LogP contribution in [0.5, 0.6) is 0 Å². The predicted molar refractivity (Wildman–Crippen MR) is 53.5 cm³/mol. The average Bonchev–Trinajstić information content (AvgIpc) is 2.29. The minimum Gasteiger partial charge on any atom is -0.300 e. The molecular formula is C12H20O. The smallest absolute Gasteiger partial charge is 0.133 e. The summed E-state index contributed by atoms with van der Waals surface area (Å²) in [6.45, 7) is 2.34. The highest BCUT2D eigenvalue weighted by Crippen LogP contribution is 2.48. The molecule has 2 unspecified atom stereocenters. The summed E-state index contributed by atoms with van der Waals surface area (Å²) in [6, 6.07) is 0. The molecule has 2 saturated carbocycles. The highest BCUT2D eigenvalue weighted by molar-refractivity contribution is 5.81. The lowest BCUT2D eigenvalue weighted by Gasteiger charge is -2.32. The molecule has 0 heterocycles. The standard InChI is InChI=1S/C12H20O/c1-12-7-5-3-2-4-6-10(12)8-11(13)9-12/h10H,2-9H2,1H3. The monoisotopic (exact) mass is 180 g/mol. The summed E-state index contributed by atoms with van der Waals surface area (Å²) < 4.78 is 0. The van der Waals surface area contributed by atoms with Crippen molar-refractivity contribution in [2.75, 3.05) is 0 Å². The van der Waals surface area contributed by atoms with Gasteiger partial charge >= 0.3 is 0 Å². The van der Waals surface area contributed by atoms with E-state index in [0.29, 0.717) is 11.2 Å². The Kier molecular flexibility index (Phi) is 2.44. The van der Waals surface area contributed by atoms with E-state index in [2.05, 4.69) is 6.92 Å². The van der Waals surface area contributed by atoms with E-state index in [-0.39, 0.29) is 0 Å². The first kappa shape index (κ1) is 9.23. The number of hydrogen-bond acceptors (Lipinski definition) is 1. The molecule has 0 bridgehead atoms. The third-order valence-corrected chi connectivity index (χ3v) is 4.11. The molecule has 0 N–H and O–H groups in total. The lowest BCUT2D eigenvalue weighted by atomic mass is 9.72. The fraction of sp³-hybridized carbons (Fsp3) is 0.917. The Balaban J connectivity index is 2.09. The van der Waals surface area contributed by atoms with Gasteiger partial charge in [0.2, 0.25) is 0 Å². The number of Topliss-reactive ketones (excluding diaryl/α,β-unsaturated/α-hetero) is 1. The Bertz CT molecular complexity index is 209. The van der Waals surface area contributed by atoms with Crippen LogP contribution in [-0.2, 0) is 4.79 Å². The van der Waals surface area contributed by atoms with Crippen molar-refractivity contribution in [3.8, 4) is 0 Å². The van der Waals surface area contributed by atoms with Crippen molar-refractivity contribution in [1.82, 2.24) is 0 Å². The van der Waals surface area contributed by atoms with E-state index in [1.165, 1.54) is 38.5 Å². The highest BCUT2D eigenvalue weighted by Gasteiger charge is 2.42. The van der Waals surface area contributed by atoms with Crippen molar-refractivity contribution in [2.45, 2.75) is 58.3 Å². The highest BCUT2D eigenvalue weighted by atomic mass is 16.1. The number of rotatable bonds is 0. The average molecular weight is 180 g/mol. The first-order chi connectivity index (χ1) is 6.21. The van der Waals surface area contributed by atoms with Crippen LogP contribution < -0.4 is 0 Å². The number of carbonyl (C=O) groups is 1. The summed E-state index contributed by atoms with van der Waals surface area (Å²) in [5, 5.41) is 0. The van der Waals surface area contributed by atoms with E-state index in [4.69, 9.17) is 0 Å². The molecule has 0 saturated heterocycles. The minimum atomic E-state index is 0.386. The van der Waals surface area contributed by atoms with E-state index in [1.54, 1.807) is 0 Å². The van der Waals surface area contributed by atoms with Gasteiger partial charge in [-0.25, -0.2) is 0 Å². The van der Waals surface area contributed by atoms with Gasteiger partial charge in [-0.3, -0.25) is 4.79 Å². The molecule has 1 heteroatoms. The van der Waals surface area contributed by atoms with Crippen LogP contribution in [0, 0.1) is 11.3 Å². The Morgan fingerprint density at radius 1 is 1.23 bits per heavy atom. The van der Waals surface area contributed by atoms with Crippen LogP contribution in [0.1, 0.15) is 58.3 Å². The lowest BCUT2D eigenvalue weighted by Crippen LogP contribution is -2.23. The van der Waals surface area contributed by atoms with Crippen LogP contribution in [0.3, 0.4) is 0 Å². The summed E-state index contributed by atoms with van der Waals surface area (Å²) in [6.07, 6.45) is 9.84. The molecule has 2 rings (SSSR count). The van der Waals surface area contributed by atoms with Crippen LogP contribution in [0.2, 0.25) is 0 Å². The summed E-state index contributed by atoms with van der Waals surface area (Å²) >= 11 is 0. The van der Waals surface area contributed by atoms with Crippen LogP contribution in [0.25, 0.3) is 0 Å². The minimum absolute atomic E-state index is 0.386. The fourth-order valence-electron chi connectivity index (χ4n) is 3.20. The van der Waals surface area contributed by atoms with Gasteiger partial charge in [0.05, 0.1) is 0 Å². The molecular weight excluding hydrogens is 160 g/mol. The summed E-state index contributed by atoms with van der Waals surface area (Å²) in [4.78, 5) is 11.4. The second kappa shape index (κ2) is 3.43. The van der Waals surface area contributed by atoms with Gasteiger partial charge in [0.25, 0.3) is 0 Å². The van der Waals surface area contributed by atoms with Gasteiger partial charge in [-0.05, 0) is 24.2 Å². The molecule has 0 aliphatic heterocycles. The van der Waals surface area contributed by atoms with Crippen molar-refractivity contribution in [2.24, 2.45) is 11.3 Å². The number of ketones is 1. The molecule has 2 atom stereocenters. The quantitative estimate of drug-likeness (QED) is 0.559. The summed E-state index contributed by atoms with van der Waals surface area (Å²) in [5.74, 6) is 1.25. The zero-order chi connectivity index (χ0) is 9.31. The maximum absolute atomic E-state index is 11.4. The van der Waals surface area contributed by atoms with Crippen LogP contribution in [-0.4, -0.2) is 5.78 Å². The van der Waals surface area contributed by atoms with Gasteiger partial charge in [-0.15, -0.1) is 0 Å². The Morgan fingerprint density at radius 2 is 2.00 bits per heavy atom. The molecule has 1 nitrogen and oxygen atoms in total. The Hall–Kier alpha value is -0.330. The van der Waals surface area contributed by atoms with Gasteiger partial charge in [0, 0.05) is 12.8 Å². The first-order valence-electron chi connectivity index (χ1n) is 5.72. The zero-order valence-electron chi connectivity index (χ0n) is 8.64. The van der Waals surface area contributed by atoms with Gasteiger partial charge in [0.15, 0.2) is 0 Å². The number of carbonyl (C=O) groups excluding carboxylic acids is 1. The molecule has 0 aromatic rings. The molecule has 0 amide bonds. The Labute approximate surface area is 80.9 Å². The van der Waals surface area contributed by atoms with E-state index < -0.39 is 0 Å². The maximum atomic E-state index is 11.4. The largest absolute Gasteiger partial charge is 0.300 e. The van der Waals surface area contributed by atoms with E-state index in [1.807, 2.05) is 0 Å². The van der Waals surface area contributed by atoms with Crippen molar-refractivity contribution >= 4 is 5.78 Å². The zero-order valence-corrected chi connectivity index (χ0v) is 8.64. The van der Waals surface area contributed by atoms with Gasteiger partial charge in [-0.1, -0.05) is 32.6 Å². The molecule has 2 aliphatic rings. The fourth-order valence-corrected chi connectivity index (χ4v) is 3.20. The summed E-state index contributed by atoms with van der Waals surface area (Å²) in [5.41, 5.74) is 0.386. The van der Waals surface area contributed by atoms with Crippen molar-refractivity contribution in [3.05, 3.63) is 0 Å². The molecule has 74 valence electrons. The molecule has 0 spiro atoms. The van der Waals surface area contributed by atoms with Crippen molar-refractivity contribution in [1.29, 1.82) is 0 Å². The normalized spacial score (nSPS) is 41.0.